The van der Waals surface area contributed by atoms with Crippen molar-refractivity contribution in [3.05, 3.63) is 70.3 Å². The van der Waals surface area contributed by atoms with Crippen molar-refractivity contribution in [2.45, 2.75) is 6.54 Å². The molecule has 0 unspecified atom stereocenters. The maximum Gasteiger partial charge on any atom is 0.257 e. The maximum absolute atomic E-state index is 12.6. The van der Waals surface area contributed by atoms with Crippen LogP contribution >= 0.6 is 15.9 Å². The highest BCUT2D eigenvalue weighted by molar-refractivity contribution is 9.10. The first-order valence-electron chi connectivity index (χ1n) is 7.89. The van der Waals surface area contributed by atoms with Gasteiger partial charge in [0.1, 0.15) is 17.3 Å². The van der Waals surface area contributed by atoms with Gasteiger partial charge in [-0.25, -0.2) is 4.68 Å². The summed E-state index contributed by atoms with van der Waals surface area (Å²) in [6.07, 6.45) is 1.65. The number of halogens is 1. The Labute approximate surface area is 159 Å². The molecule has 3 aromatic rings. The van der Waals surface area contributed by atoms with E-state index < -0.39 is 0 Å². The summed E-state index contributed by atoms with van der Waals surface area (Å²) in [5.74, 6) is 1.45. The van der Waals surface area contributed by atoms with Gasteiger partial charge in [0.15, 0.2) is 0 Å². The number of nitrogens with one attached hydrogen (secondary N) is 1. The second-order valence-electron chi connectivity index (χ2n) is 5.56. The number of rotatable bonds is 6. The predicted molar refractivity (Wildman–Crippen MR) is 103 cm³/mol. The van der Waals surface area contributed by atoms with E-state index in [-0.39, 0.29) is 5.91 Å². The van der Waals surface area contributed by atoms with Gasteiger partial charge < -0.3 is 14.8 Å². The molecule has 1 N–H and O–H groups in total. The number of aromatic nitrogens is 2. The second kappa shape index (κ2) is 8.05. The zero-order chi connectivity index (χ0) is 18.5. The lowest BCUT2D eigenvalue weighted by molar-refractivity contribution is 0.102. The van der Waals surface area contributed by atoms with Crippen LogP contribution in [0.1, 0.15) is 15.9 Å². The fourth-order valence-electron chi connectivity index (χ4n) is 2.45. The average Bonchev–Trinajstić information content (AvgIpc) is 3.09. The first-order valence-corrected chi connectivity index (χ1v) is 8.69. The van der Waals surface area contributed by atoms with Gasteiger partial charge in [0.05, 0.1) is 27.0 Å². The molecule has 1 heterocycles. The number of benzene rings is 2. The average molecular weight is 416 g/mol. The molecule has 0 spiro atoms. The summed E-state index contributed by atoms with van der Waals surface area (Å²) >= 11 is 3.42. The molecule has 1 aromatic heterocycles. The fourth-order valence-corrected chi connectivity index (χ4v) is 2.72. The van der Waals surface area contributed by atoms with Crippen LogP contribution in [0.4, 0.5) is 5.82 Å². The number of carbonyl (C=O) groups is 1. The summed E-state index contributed by atoms with van der Waals surface area (Å²) in [5, 5.41) is 7.17. The molecule has 7 heteroatoms. The lowest BCUT2D eigenvalue weighted by Crippen LogP contribution is -2.16. The Hall–Kier alpha value is -2.80. The molecule has 0 atom stereocenters. The summed E-state index contributed by atoms with van der Waals surface area (Å²) in [6.45, 7) is 0.553. The zero-order valence-corrected chi connectivity index (χ0v) is 16.0. The molecule has 0 radical (unpaired) electrons. The third-order valence-electron chi connectivity index (χ3n) is 3.82. The predicted octanol–water partition coefficient (Wildman–Crippen LogP) is 3.96. The highest BCUT2D eigenvalue weighted by atomic mass is 79.9. The fraction of sp³-hybridized carbons (Fsp3) is 0.158. The number of methoxy groups -OCH3 is 2. The summed E-state index contributed by atoms with van der Waals surface area (Å²) in [4.78, 5) is 12.6. The topological polar surface area (TPSA) is 65.4 Å². The van der Waals surface area contributed by atoms with Crippen LogP contribution in [0.25, 0.3) is 0 Å². The van der Waals surface area contributed by atoms with Gasteiger partial charge in [0.25, 0.3) is 5.91 Å². The lowest BCUT2D eigenvalue weighted by Gasteiger charge is -2.11. The molecule has 3 rings (SSSR count). The van der Waals surface area contributed by atoms with Gasteiger partial charge >= 0.3 is 0 Å². The molecule has 2 aromatic carbocycles. The molecular formula is C19H18BrN3O3. The highest BCUT2D eigenvalue weighted by Gasteiger charge is 2.13. The zero-order valence-electron chi connectivity index (χ0n) is 14.4. The van der Waals surface area contributed by atoms with Crippen LogP contribution in [0.3, 0.4) is 0 Å². The smallest absolute Gasteiger partial charge is 0.257 e. The van der Waals surface area contributed by atoms with Crippen LogP contribution in [-0.4, -0.2) is 29.9 Å². The normalized spacial score (nSPS) is 10.4. The third-order valence-corrected chi connectivity index (χ3v) is 4.35. The van der Waals surface area contributed by atoms with E-state index in [9.17, 15) is 4.79 Å². The Morgan fingerprint density at radius 2 is 1.73 bits per heavy atom. The van der Waals surface area contributed by atoms with E-state index in [4.69, 9.17) is 9.47 Å². The number of nitrogens with zero attached hydrogens (tertiary/aromatic N) is 2. The van der Waals surface area contributed by atoms with E-state index in [1.807, 2.05) is 24.3 Å². The van der Waals surface area contributed by atoms with E-state index in [1.54, 1.807) is 49.4 Å². The third kappa shape index (κ3) is 4.23. The van der Waals surface area contributed by atoms with Crippen molar-refractivity contribution in [1.82, 2.24) is 9.78 Å². The number of amides is 1. The first-order chi connectivity index (χ1) is 12.6. The monoisotopic (exact) mass is 415 g/mol. The van der Waals surface area contributed by atoms with Crippen LogP contribution < -0.4 is 14.8 Å². The van der Waals surface area contributed by atoms with Gasteiger partial charge in [-0.2, -0.15) is 5.10 Å². The number of hydrogen-bond donors (Lipinski definition) is 1. The Balaban J connectivity index is 1.78. The molecule has 0 saturated carbocycles. The summed E-state index contributed by atoms with van der Waals surface area (Å²) in [7, 11) is 3.09. The van der Waals surface area contributed by atoms with Crippen molar-refractivity contribution < 1.29 is 14.3 Å². The maximum atomic E-state index is 12.6. The standard InChI is InChI=1S/C19H18BrN3O3/c1-25-16-9-14(10-17(11-16)26-2)19(24)22-18-7-8-21-23(18)12-13-3-5-15(20)6-4-13/h3-11H,12H2,1-2H3,(H,22,24). The van der Waals surface area contributed by atoms with Crippen LogP contribution in [0.5, 0.6) is 11.5 Å². The van der Waals surface area contributed by atoms with E-state index >= 15 is 0 Å². The lowest BCUT2D eigenvalue weighted by atomic mass is 10.2. The van der Waals surface area contributed by atoms with Gasteiger partial charge in [0, 0.05) is 22.2 Å². The molecule has 0 saturated heterocycles. The molecule has 1 amide bonds. The minimum Gasteiger partial charge on any atom is -0.497 e. The largest absolute Gasteiger partial charge is 0.497 e. The molecular weight excluding hydrogens is 398 g/mol. The molecule has 0 bridgehead atoms. The van der Waals surface area contributed by atoms with Crippen molar-refractivity contribution in [2.24, 2.45) is 0 Å². The summed E-state index contributed by atoms with van der Waals surface area (Å²) in [5.41, 5.74) is 1.52. The molecule has 0 fully saturated rings. The van der Waals surface area contributed by atoms with Crippen molar-refractivity contribution in [3.63, 3.8) is 0 Å². The Bertz CT molecular complexity index is 884. The number of anilines is 1. The van der Waals surface area contributed by atoms with Crippen LogP contribution in [0.15, 0.2) is 59.2 Å². The number of ether oxygens (including phenoxy) is 2. The van der Waals surface area contributed by atoms with Crippen LogP contribution in [0.2, 0.25) is 0 Å². The van der Waals surface area contributed by atoms with E-state index in [2.05, 4.69) is 26.3 Å². The van der Waals surface area contributed by atoms with Crippen LogP contribution in [-0.2, 0) is 6.54 Å². The first kappa shape index (κ1) is 18.0. The number of carbonyl (C=O) groups excluding carboxylic acids is 1. The molecule has 0 aliphatic carbocycles. The minimum absolute atomic E-state index is 0.264. The molecule has 134 valence electrons. The highest BCUT2D eigenvalue weighted by Crippen LogP contribution is 2.23. The second-order valence-corrected chi connectivity index (χ2v) is 6.47. The number of hydrogen-bond acceptors (Lipinski definition) is 4. The quantitative estimate of drug-likeness (QED) is 0.661. The van der Waals surface area contributed by atoms with Gasteiger partial charge in [-0.15, -0.1) is 0 Å². The van der Waals surface area contributed by atoms with Crippen molar-refractivity contribution >= 4 is 27.7 Å². The van der Waals surface area contributed by atoms with E-state index in [0.717, 1.165) is 10.0 Å². The molecule has 26 heavy (non-hydrogen) atoms. The summed E-state index contributed by atoms with van der Waals surface area (Å²) < 4.78 is 13.2. The van der Waals surface area contributed by atoms with Gasteiger partial charge in [-0.05, 0) is 29.8 Å². The van der Waals surface area contributed by atoms with Crippen molar-refractivity contribution in [1.29, 1.82) is 0 Å². The molecule has 0 aliphatic heterocycles. The van der Waals surface area contributed by atoms with Gasteiger partial charge in [0.2, 0.25) is 0 Å². The van der Waals surface area contributed by atoms with Crippen molar-refractivity contribution in [3.8, 4) is 11.5 Å². The Kier molecular flexibility index (Phi) is 5.58. The Morgan fingerprint density at radius 3 is 2.35 bits per heavy atom. The SMILES string of the molecule is COc1cc(OC)cc(C(=O)Nc2ccnn2Cc2ccc(Br)cc2)c1. The molecule has 0 aliphatic rings. The summed E-state index contributed by atoms with van der Waals surface area (Å²) in [6, 6.07) is 14.7. The van der Waals surface area contributed by atoms with E-state index in [1.165, 1.54) is 0 Å². The molecule has 6 nitrogen and oxygen atoms in total. The van der Waals surface area contributed by atoms with Gasteiger partial charge in [-0.1, -0.05) is 28.1 Å². The van der Waals surface area contributed by atoms with E-state index in [0.29, 0.717) is 29.4 Å². The Morgan fingerprint density at radius 1 is 1.08 bits per heavy atom. The van der Waals surface area contributed by atoms with Gasteiger partial charge in [-0.3, -0.25) is 4.79 Å². The van der Waals surface area contributed by atoms with Crippen LogP contribution in [0, 0.1) is 0 Å². The van der Waals surface area contributed by atoms with Crippen molar-refractivity contribution in [2.75, 3.05) is 19.5 Å². The minimum atomic E-state index is -0.264.